The molecule has 0 aliphatic carbocycles. The van der Waals surface area contributed by atoms with E-state index in [1.54, 1.807) is 18.2 Å². The molecule has 3 N–H and O–H groups in total. The van der Waals surface area contributed by atoms with Crippen molar-refractivity contribution >= 4 is 40.7 Å². The normalized spacial score (nSPS) is 10.9. The van der Waals surface area contributed by atoms with Gasteiger partial charge in [-0.25, -0.2) is 4.79 Å². The van der Waals surface area contributed by atoms with Crippen molar-refractivity contribution in [3.63, 3.8) is 0 Å². The van der Waals surface area contributed by atoms with Gasteiger partial charge in [0, 0.05) is 37.1 Å². The molecule has 1 aromatic heterocycles. The van der Waals surface area contributed by atoms with Crippen LogP contribution in [0.1, 0.15) is 21.6 Å². The van der Waals surface area contributed by atoms with E-state index in [1.165, 1.54) is 37.5 Å². The van der Waals surface area contributed by atoms with Gasteiger partial charge in [0.15, 0.2) is 5.78 Å². The molecule has 0 radical (unpaired) electrons. The fourth-order valence-electron chi connectivity index (χ4n) is 3.09. The smallest absolute Gasteiger partial charge is 0.416 e. The Morgan fingerprint density at radius 2 is 1.61 bits per heavy atom. The second kappa shape index (κ2) is 11.5. The van der Waals surface area contributed by atoms with Gasteiger partial charge in [-0.05, 0) is 48.0 Å². The van der Waals surface area contributed by atoms with Gasteiger partial charge in [0.2, 0.25) is 0 Å². The van der Waals surface area contributed by atoms with E-state index in [0.29, 0.717) is 17.2 Å². The molecular weight excluding hydrogens is 501 g/mol. The van der Waals surface area contributed by atoms with Crippen LogP contribution in [-0.4, -0.2) is 35.6 Å². The highest BCUT2D eigenvalue weighted by Gasteiger charge is 2.34. The number of nitrogens with one attached hydrogen (secondary N) is 3. The number of benzene rings is 2. The van der Waals surface area contributed by atoms with Crippen molar-refractivity contribution in [1.82, 2.24) is 10.3 Å². The highest BCUT2D eigenvalue weighted by Crippen LogP contribution is 2.34. The maximum atomic E-state index is 13.4. The van der Waals surface area contributed by atoms with Crippen LogP contribution in [0.3, 0.4) is 0 Å². The molecule has 0 bridgehead atoms. The molecule has 188 valence electrons. The summed E-state index contributed by atoms with van der Waals surface area (Å²) in [4.78, 5) is 39.4. The lowest BCUT2D eigenvalue weighted by Crippen LogP contribution is -2.20. The molecule has 0 unspecified atom stereocenters. The molecule has 3 amide bonds. The van der Waals surface area contributed by atoms with Crippen molar-refractivity contribution in [2.75, 3.05) is 23.6 Å². The Bertz CT molecular complexity index is 1270. The molecule has 12 heteroatoms. The van der Waals surface area contributed by atoms with Gasteiger partial charge in [0.25, 0.3) is 5.91 Å². The number of hydrogen-bond donors (Lipinski definition) is 3. The fourth-order valence-corrected chi connectivity index (χ4v) is 3.19. The fraction of sp³-hybridized carbons (Fsp3) is 0.167. The number of halogens is 4. The Morgan fingerprint density at radius 1 is 0.944 bits per heavy atom. The zero-order valence-electron chi connectivity index (χ0n) is 18.8. The van der Waals surface area contributed by atoms with Gasteiger partial charge in [0.1, 0.15) is 17.2 Å². The van der Waals surface area contributed by atoms with Gasteiger partial charge in [-0.15, -0.1) is 11.6 Å². The van der Waals surface area contributed by atoms with Crippen LogP contribution < -0.4 is 20.7 Å². The van der Waals surface area contributed by atoms with Crippen LogP contribution in [0.25, 0.3) is 0 Å². The molecule has 3 aromatic rings. The number of ether oxygens (including phenoxy) is 1. The molecular formula is C24H20ClF3N4O4. The van der Waals surface area contributed by atoms with E-state index >= 15 is 0 Å². The summed E-state index contributed by atoms with van der Waals surface area (Å²) in [5.74, 6) is -0.537. The van der Waals surface area contributed by atoms with E-state index in [0.717, 1.165) is 12.1 Å². The van der Waals surface area contributed by atoms with Crippen molar-refractivity contribution < 1.29 is 32.3 Å². The summed E-state index contributed by atoms with van der Waals surface area (Å²) in [6.07, 6.45) is -3.76. The Labute approximate surface area is 208 Å². The summed E-state index contributed by atoms with van der Waals surface area (Å²) in [5, 5.41) is 7.30. The van der Waals surface area contributed by atoms with Crippen LogP contribution in [0.5, 0.6) is 11.5 Å². The van der Waals surface area contributed by atoms with E-state index in [-0.39, 0.29) is 22.9 Å². The molecule has 0 fully saturated rings. The number of carbonyl (C=O) groups is 3. The minimum atomic E-state index is -4.72. The lowest BCUT2D eigenvalue weighted by atomic mass is 10.0. The van der Waals surface area contributed by atoms with Gasteiger partial charge < -0.3 is 20.7 Å². The molecule has 0 saturated heterocycles. The number of rotatable bonds is 8. The summed E-state index contributed by atoms with van der Waals surface area (Å²) >= 11 is 5.40. The van der Waals surface area contributed by atoms with E-state index in [4.69, 9.17) is 16.3 Å². The number of Topliss-reactive ketones (excluding diaryl/α,β-unsaturated/α-hetero) is 1. The first kappa shape index (κ1) is 26.5. The minimum absolute atomic E-state index is 0.105. The van der Waals surface area contributed by atoms with Gasteiger partial charge >= 0.3 is 12.2 Å². The molecule has 2 aromatic carbocycles. The summed E-state index contributed by atoms with van der Waals surface area (Å²) in [5.41, 5.74) is -0.841. The molecule has 0 aliphatic heterocycles. The quantitative estimate of drug-likeness (QED) is 0.352. The standard InChI is InChI=1S/C24H20ClF3N4O4/c1-29-22(34)21-12-19(8-9-30-21)36-18-6-4-15(5-7-18)31-23(35)32-16-3-2-14(10-17(33)13-25)20(11-16)24(26,27)28/h2-9,11-12H,10,13H2,1H3,(H,29,34)(H2,31,32,35). The second-order valence-corrected chi connectivity index (χ2v) is 7.65. The van der Waals surface area contributed by atoms with Gasteiger partial charge in [-0.1, -0.05) is 6.07 Å². The zero-order valence-corrected chi connectivity index (χ0v) is 19.5. The van der Waals surface area contributed by atoms with Crippen molar-refractivity contribution in [2.45, 2.75) is 12.6 Å². The molecule has 0 saturated carbocycles. The molecule has 0 spiro atoms. The van der Waals surface area contributed by atoms with Crippen LogP contribution in [-0.2, 0) is 17.4 Å². The predicted molar refractivity (Wildman–Crippen MR) is 128 cm³/mol. The summed E-state index contributed by atoms with van der Waals surface area (Å²) < 4.78 is 46.0. The lowest BCUT2D eigenvalue weighted by molar-refractivity contribution is -0.138. The van der Waals surface area contributed by atoms with Crippen LogP contribution in [0.2, 0.25) is 0 Å². The third-order valence-corrected chi connectivity index (χ3v) is 5.05. The number of pyridine rings is 1. The van der Waals surface area contributed by atoms with Crippen LogP contribution >= 0.6 is 11.6 Å². The monoisotopic (exact) mass is 520 g/mol. The Morgan fingerprint density at radius 3 is 2.25 bits per heavy atom. The van der Waals surface area contributed by atoms with Gasteiger partial charge in [-0.3, -0.25) is 14.6 Å². The molecule has 36 heavy (non-hydrogen) atoms. The van der Waals surface area contributed by atoms with Crippen LogP contribution in [0.4, 0.5) is 29.3 Å². The van der Waals surface area contributed by atoms with Crippen molar-refractivity contribution in [1.29, 1.82) is 0 Å². The molecule has 0 aliphatic rings. The second-order valence-electron chi connectivity index (χ2n) is 7.38. The highest BCUT2D eigenvalue weighted by atomic mass is 35.5. The number of ketones is 1. The Balaban J connectivity index is 1.65. The van der Waals surface area contributed by atoms with E-state index in [9.17, 15) is 27.6 Å². The summed E-state index contributed by atoms with van der Waals surface area (Å²) in [7, 11) is 1.48. The van der Waals surface area contributed by atoms with E-state index in [1.807, 2.05) is 0 Å². The van der Waals surface area contributed by atoms with Crippen molar-refractivity contribution in [2.24, 2.45) is 0 Å². The predicted octanol–water partition coefficient (Wildman–Crippen LogP) is 5.25. The lowest BCUT2D eigenvalue weighted by Gasteiger charge is -2.15. The zero-order chi connectivity index (χ0) is 26.3. The minimum Gasteiger partial charge on any atom is -0.457 e. The number of carbonyl (C=O) groups excluding carboxylic acids is 3. The maximum Gasteiger partial charge on any atom is 0.416 e. The van der Waals surface area contributed by atoms with Crippen LogP contribution in [0.15, 0.2) is 60.8 Å². The van der Waals surface area contributed by atoms with Crippen molar-refractivity contribution in [3.05, 3.63) is 77.6 Å². The van der Waals surface area contributed by atoms with Crippen LogP contribution in [0, 0.1) is 0 Å². The molecule has 1 heterocycles. The first-order valence-electron chi connectivity index (χ1n) is 10.4. The van der Waals surface area contributed by atoms with Crippen molar-refractivity contribution in [3.8, 4) is 11.5 Å². The summed E-state index contributed by atoms with van der Waals surface area (Å²) in [6, 6.07) is 11.6. The first-order valence-corrected chi connectivity index (χ1v) is 10.9. The largest absolute Gasteiger partial charge is 0.457 e. The number of anilines is 2. The average molecular weight is 521 g/mol. The Hall–Kier alpha value is -4.12. The Kier molecular flexibility index (Phi) is 8.49. The number of amides is 3. The first-order chi connectivity index (χ1) is 17.1. The SMILES string of the molecule is CNC(=O)c1cc(Oc2ccc(NC(=O)Nc3ccc(CC(=O)CCl)c(C(F)(F)F)c3)cc2)ccn1. The molecule has 0 atom stereocenters. The van der Waals surface area contributed by atoms with E-state index in [2.05, 4.69) is 20.9 Å². The number of nitrogens with zero attached hydrogens (tertiary/aromatic N) is 1. The number of urea groups is 1. The topological polar surface area (TPSA) is 109 Å². The third-order valence-electron chi connectivity index (χ3n) is 4.75. The maximum absolute atomic E-state index is 13.4. The van der Waals surface area contributed by atoms with Gasteiger partial charge in [-0.2, -0.15) is 13.2 Å². The van der Waals surface area contributed by atoms with Gasteiger partial charge in [0.05, 0.1) is 11.4 Å². The number of alkyl halides is 4. The summed E-state index contributed by atoms with van der Waals surface area (Å²) in [6.45, 7) is 0. The number of hydrogen-bond acceptors (Lipinski definition) is 5. The average Bonchev–Trinajstić information content (AvgIpc) is 2.85. The molecule has 3 rings (SSSR count). The van der Waals surface area contributed by atoms with E-state index < -0.39 is 35.9 Å². The number of aromatic nitrogens is 1. The third kappa shape index (κ3) is 7.19. The highest BCUT2D eigenvalue weighted by molar-refractivity contribution is 6.27. The molecule has 8 nitrogen and oxygen atoms in total.